The summed E-state index contributed by atoms with van der Waals surface area (Å²) < 4.78 is 0. The van der Waals surface area contributed by atoms with E-state index in [2.05, 4.69) is 20.3 Å². The molecule has 0 saturated heterocycles. The second kappa shape index (κ2) is 7.24. The van der Waals surface area contributed by atoms with Crippen molar-refractivity contribution in [2.45, 2.75) is 20.3 Å². The van der Waals surface area contributed by atoms with Crippen LogP contribution in [0.1, 0.15) is 20.3 Å². The standard InChI is InChI=1S/C10H18ClN5O/c1-3-12-9-13-8(11)14-10(15-9)16(4-2)6-5-7-17/h17H,3-7H2,1-2H3,(H,12,13,14,15). The maximum atomic E-state index is 8.83. The molecule has 1 heterocycles. The molecule has 0 aliphatic carbocycles. The van der Waals surface area contributed by atoms with Crippen LogP contribution < -0.4 is 10.2 Å². The smallest absolute Gasteiger partial charge is 0.231 e. The number of halogens is 1. The molecular formula is C10H18ClN5O. The van der Waals surface area contributed by atoms with Gasteiger partial charge in [-0.15, -0.1) is 0 Å². The van der Waals surface area contributed by atoms with Gasteiger partial charge in [0.05, 0.1) is 0 Å². The highest BCUT2D eigenvalue weighted by Crippen LogP contribution is 2.13. The number of rotatable bonds is 7. The van der Waals surface area contributed by atoms with Crippen LogP contribution in [0.5, 0.6) is 0 Å². The van der Waals surface area contributed by atoms with Gasteiger partial charge in [0.1, 0.15) is 0 Å². The van der Waals surface area contributed by atoms with E-state index in [-0.39, 0.29) is 11.9 Å². The van der Waals surface area contributed by atoms with Gasteiger partial charge in [-0.1, -0.05) is 0 Å². The van der Waals surface area contributed by atoms with Gasteiger partial charge in [0.15, 0.2) is 0 Å². The molecule has 0 aliphatic heterocycles. The van der Waals surface area contributed by atoms with Gasteiger partial charge in [-0.05, 0) is 31.9 Å². The molecule has 0 unspecified atom stereocenters. The predicted octanol–water partition coefficient (Wildman–Crippen LogP) is 1.17. The summed E-state index contributed by atoms with van der Waals surface area (Å²) in [5.41, 5.74) is 0. The second-order valence-electron chi connectivity index (χ2n) is 3.42. The fourth-order valence-electron chi connectivity index (χ4n) is 1.38. The van der Waals surface area contributed by atoms with Crippen molar-refractivity contribution in [3.63, 3.8) is 0 Å². The Balaban J connectivity index is 2.85. The summed E-state index contributed by atoms with van der Waals surface area (Å²) in [6.07, 6.45) is 0.674. The summed E-state index contributed by atoms with van der Waals surface area (Å²) in [6, 6.07) is 0. The van der Waals surface area contributed by atoms with Gasteiger partial charge in [-0.3, -0.25) is 0 Å². The lowest BCUT2D eigenvalue weighted by molar-refractivity contribution is 0.289. The molecule has 0 atom stereocenters. The molecule has 0 aliphatic rings. The van der Waals surface area contributed by atoms with Crippen LogP contribution in [0.4, 0.5) is 11.9 Å². The summed E-state index contributed by atoms with van der Waals surface area (Å²) in [5, 5.41) is 12.0. The lowest BCUT2D eigenvalue weighted by Gasteiger charge is -2.20. The summed E-state index contributed by atoms with van der Waals surface area (Å²) in [6.45, 7) is 6.28. The monoisotopic (exact) mass is 259 g/mol. The molecule has 0 radical (unpaired) electrons. The van der Waals surface area contributed by atoms with Crippen LogP contribution in [0.25, 0.3) is 0 Å². The van der Waals surface area contributed by atoms with E-state index in [1.165, 1.54) is 0 Å². The first-order valence-corrected chi connectivity index (χ1v) is 6.10. The van der Waals surface area contributed by atoms with Crippen LogP contribution in [-0.4, -0.2) is 46.3 Å². The first-order valence-electron chi connectivity index (χ1n) is 5.72. The van der Waals surface area contributed by atoms with Gasteiger partial charge >= 0.3 is 0 Å². The van der Waals surface area contributed by atoms with Crippen LogP contribution in [0, 0.1) is 0 Å². The maximum absolute atomic E-state index is 8.83. The molecule has 96 valence electrons. The first kappa shape index (κ1) is 13.9. The Bertz CT molecular complexity index is 349. The molecule has 1 aromatic heterocycles. The highest BCUT2D eigenvalue weighted by molar-refractivity contribution is 6.28. The van der Waals surface area contributed by atoms with Crippen molar-refractivity contribution < 1.29 is 5.11 Å². The zero-order valence-electron chi connectivity index (χ0n) is 10.1. The zero-order valence-corrected chi connectivity index (χ0v) is 10.9. The number of hydrogen-bond acceptors (Lipinski definition) is 6. The molecule has 0 spiro atoms. The Kier molecular flexibility index (Phi) is 5.93. The normalized spacial score (nSPS) is 10.4. The summed E-state index contributed by atoms with van der Waals surface area (Å²) in [4.78, 5) is 14.3. The van der Waals surface area contributed by atoms with Gasteiger partial charge in [0, 0.05) is 26.2 Å². The number of hydrogen-bond donors (Lipinski definition) is 2. The molecule has 0 amide bonds. The van der Waals surface area contributed by atoms with Crippen molar-refractivity contribution >= 4 is 23.5 Å². The SMILES string of the molecule is CCNc1nc(Cl)nc(N(CC)CCCO)n1. The number of nitrogens with zero attached hydrogens (tertiary/aromatic N) is 4. The van der Waals surface area contributed by atoms with E-state index in [1.807, 2.05) is 18.7 Å². The van der Waals surface area contributed by atoms with E-state index < -0.39 is 0 Å². The van der Waals surface area contributed by atoms with Gasteiger partial charge in [0.25, 0.3) is 0 Å². The third kappa shape index (κ3) is 4.32. The molecule has 0 bridgehead atoms. The third-order valence-electron chi connectivity index (χ3n) is 2.18. The van der Waals surface area contributed by atoms with Crippen molar-refractivity contribution in [1.29, 1.82) is 0 Å². The van der Waals surface area contributed by atoms with Gasteiger partial charge in [-0.2, -0.15) is 15.0 Å². The lowest BCUT2D eigenvalue weighted by atomic mass is 10.4. The van der Waals surface area contributed by atoms with Crippen molar-refractivity contribution in [3.05, 3.63) is 5.28 Å². The Hall–Kier alpha value is -1.14. The molecule has 7 heteroatoms. The number of anilines is 2. The lowest BCUT2D eigenvalue weighted by Crippen LogP contribution is -2.27. The third-order valence-corrected chi connectivity index (χ3v) is 2.35. The number of aliphatic hydroxyl groups excluding tert-OH is 1. The zero-order chi connectivity index (χ0) is 12.7. The van der Waals surface area contributed by atoms with Crippen molar-refractivity contribution in [1.82, 2.24) is 15.0 Å². The molecule has 1 aromatic rings. The summed E-state index contributed by atoms with van der Waals surface area (Å²) in [5.74, 6) is 1.02. The number of nitrogens with one attached hydrogen (secondary N) is 1. The number of aromatic nitrogens is 3. The molecule has 2 N–H and O–H groups in total. The quantitative estimate of drug-likeness (QED) is 0.766. The second-order valence-corrected chi connectivity index (χ2v) is 3.75. The van der Waals surface area contributed by atoms with E-state index >= 15 is 0 Å². The topological polar surface area (TPSA) is 74.2 Å². The largest absolute Gasteiger partial charge is 0.396 e. The molecular weight excluding hydrogens is 242 g/mol. The molecule has 0 fully saturated rings. The van der Waals surface area contributed by atoms with E-state index in [1.54, 1.807) is 0 Å². The fourth-order valence-corrected chi connectivity index (χ4v) is 1.53. The highest BCUT2D eigenvalue weighted by Gasteiger charge is 2.10. The fraction of sp³-hybridized carbons (Fsp3) is 0.700. The van der Waals surface area contributed by atoms with Crippen LogP contribution in [0.15, 0.2) is 0 Å². The van der Waals surface area contributed by atoms with E-state index in [9.17, 15) is 0 Å². The Morgan fingerprint density at radius 3 is 2.65 bits per heavy atom. The molecule has 6 nitrogen and oxygen atoms in total. The number of aliphatic hydroxyl groups is 1. The van der Waals surface area contributed by atoms with Crippen LogP contribution >= 0.6 is 11.6 Å². The predicted molar refractivity (Wildman–Crippen MR) is 68.6 cm³/mol. The maximum Gasteiger partial charge on any atom is 0.231 e. The van der Waals surface area contributed by atoms with E-state index in [0.717, 1.165) is 13.1 Å². The van der Waals surface area contributed by atoms with E-state index in [4.69, 9.17) is 16.7 Å². The van der Waals surface area contributed by atoms with Crippen LogP contribution in [-0.2, 0) is 0 Å². The van der Waals surface area contributed by atoms with Crippen molar-refractivity contribution in [2.75, 3.05) is 36.5 Å². The molecule has 0 saturated carbocycles. The average Bonchev–Trinajstić information content (AvgIpc) is 2.30. The summed E-state index contributed by atoms with van der Waals surface area (Å²) in [7, 11) is 0. The Labute approximate surface area is 106 Å². The van der Waals surface area contributed by atoms with Crippen LogP contribution in [0.2, 0.25) is 5.28 Å². The summed E-state index contributed by atoms with van der Waals surface area (Å²) >= 11 is 5.84. The average molecular weight is 260 g/mol. The van der Waals surface area contributed by atoms with Gasteiger partial charge in [-0.25, -0.2) is 0 Å². The van der Waals surface area contributed by atoms with Gasteiger partial charge < -0.3 is 15.3 Å². The van der Waals surface area contributed by atoms with Crippen molar-refractivity contribution in [3.8, 4) is 0 Å². The minimum Gasteiger partial charge on any atom is -0.396 e. The Morgan fingerprint density at radius 2 is 2.06 bits per heavy atom. The highest BCUT2D eigenvalue weighted by atomic mass is 35.5. The van der Waals surface area contributed by atoms with E-state index in [0.29, 0.717) is 24.9 Å². The minimum absolute atomic E-state index is 0.148. The molecule has 1 rings (SSSR count). The minimum atomic E-state index is 0.148. The molecule has 17 heavy (non-hydrogen) atoms. The van der Waals surface area contributed by atoms with Crippen molar-refractivity contribution in [2.24, 2.45) is 0 Å². The van der Waals surface area contributed by atoms with Gasteiger partial charge in [0.2, 0.25) is 17.2 Å². The first-order chi connectivity index (χ1) is 8.21. The molecule has 0 aromatic carbocycles. The van der Waals surface area contributed by atoms with Crippen LogP contribution in [0.3, 0.4) is 0 Å². The Morgan fingerprint density at radius 1 is 1.29 bits per heavy atom.